The lowest BCUT2D eigenvalue weighted by atomic mass is 9.87. The molecular weight excluding hydrogens is 238 g/mol. The Morgan fingerprint density at radius 2 is 2.05 bits per heavy atom. The third-order valence-electron chi connectivity index (χ3n) is 3.85. The van der Waals surface area contributed by atoms with Crippen molar-refractivity contribution in [2.45, 2.75) is 38.6 Å². The molecule has 0 amide bonds. The van der Waals surface area contributed by atoms with E-state index in [2.05, 4.69) is 45.0 Å². The summed E-state index contributed by atoms with van der Waals surface area (Å²) in [7, 11) is 0. The number of benzene rings is 1. The fraction of sp³-hybridized carbons (Fsp3) is 0.500. The Morgan fingerprint density at radius 1 is 1.21 bits per heavy atom. The van der Waals surface area contributed by atoms with Crippen LogP contribution in [0.2, 0.25) is 0 Å². The van der Waals surface area contributed by atoms with Gasteiger partial charge in [-0.3, -0.25) is 0 Å². The SMILES string of the molecule is CC1CCC(Nc2cccc(-c3nn[nH]n3)c2)CC1. The van der Waals surface area contributed by atoms with Gasteiger partial charge in [0.05, 0.1) is 0 Å². The number of rotatable bonds is 3. The quantitative estimate of drug-likeness (QED) is 0.887. The first-order chi connectivity index (χ1) is 9.31. The summed E-state index contributed by atoms with van der Waals surface area (Å²) in [4.78, 5) is 0. The maximum absolute atomic E-state index is 4.01. The van der Waals surface area contributed by atoms with Crippen LogP contribution in [0.3, 0.4) is 0 Å². The van der Waals surface area contributed by atoms with Gasteiger partial charge in [-0.2, -0.15) is 5.21 Å². The Kier molecular flexibility index (Phi) is 3.44. The van der Waals surface area contributed by atoms with Crippen molar-refractivity contribution in [2.75, 3.05) is 5.32 Å². The van der Waals surface area contributed by atoms with Gasteiger partial charge in [-0.25, -0.2) is 0 Å². The van der Waals surface area contributed by atoms with Gasteiger partial charge in [0.1, 0.15) is 0 Å². The third kappa shape index (κ3) is 2.92. The fourth-order valence-electron chi connectivity index (χ4n) is 2.67. The molecule has 0 atom stereocenters. The first-order valence-electron chi connectivity index (χ1n) is 6.91. The van der Waals surface area contributed by atoms with Crippen LogP contribution in [0.25, 0.3) is 11.4 Å². The normalized spacial score (nSPS) is 23.2. The number of H-pyrrole nitrogens is 1. The van der Waals surface area contributed by atoms with Crippen LogP contribution in [-0.2, 0) is 0 Å². The number of aromatic amines is 1. The van der Waals surface area contributed by atoms with E-state index in [4.69, 9.17) is 0 Å². The molecule has 0 bridgehead atoms. The largest absolute Gasteiger partial charge is 0.382 e. The molecule has 0 spiro atoms. The molecule has 0 radical (unpaired) electrons. The molecule has 2 aromatic rings. The van der Waals surface area contributed by atoms with Gasteiger partial charge >= 0.3 is 0 Å². The van der Waals surface area contributed by atoms with E-state index in [0.717, 1.165) is 17.2 Å². The van der Waals surface area contributed by atoms with Gasteiger partial charge < -0.3 is 5.32 Å². The first-order valence-corrected chi connectivity index (χ1v) is 6.91. The average Bonchev–Trinajstić information content (AvgIpc) is 2.96. The predicted molar refractivity (Wildman–Crippen MR) is 74.7 cm³/mol. The Balaban J connectivity index is 1.70. The van der Waals surface area contributed by atoms with E-state index in [0.29, 0.717) is 11.9 Å². The van der Waals surface area contributed by atoms with Crippen molar-refractivity contribution in [2.24, 2.45) is 5.92 Å². The van der Waals surface area contributed by atoms with Crippen LogP contribution in [0.5, 0.6) is 0 Å². The molecule has 0 saturated heterocycles. The number of hydrogen-bond acceptors (Lipinski definition) is 4. The Bertz CT molecular complexity index is 514. The molecule has 100 valence electrons. The summed E-state index contributed by atoms with van der Waals surface area (Å²) >= 11 is 0. The van der Waals surface area contributed by atoms with Crippen LogP contribution in [0.15, 0.2) is 24.3 Å². The molecule has 0 unspecified atom stereocenters. The zero-order chi connectivity index (χ0) is 13.1. The van der Waals surface area contributed by atoms with Gasteiger partial charge in [-0.1, -0.05) is 19.1 Å². The molecule has 1 aromatic carbocycles. The van der Waals surface area contributed by atoms with Gasteiger partial charge in [0, 0.05) is 17.3 Å². The van der Waals surface area contributed by atoms with Gasteiger partial charge in [0.2, 0.25) is 5.82 Å². The summed E-state index contributed by atoms with van der Waals surface area (Å²) in [6.07, 6.45) is 5.16. The van der Waals surface area contributed by atoms with E-state index in [-0.39, 0.29) is 0 Å². The first kappa shape index (κ1) is 12.1. The molecular formula is C14H19N5. The van der Waals surface area contributed by atoms with Crippen molar-refractivity contribution >= 4 is 5.69 Å². The van der Waals surface area contributed by atoms with Gasteiger partial charge in [0.15, 0.2) is 0 Å². The predicted octanol–water partition coefficient (Wildman–Crippen LogP) is 2.86. The molecule has 1 aliphatic carbocycles. The summed E-state index contributed by atoms with van der Waals surface area (Å²) in [5.74, 6) is 1.52. The summed E-state index contributed by atoms with van der Waals surface area (Å²) < 4.78 is 0. The highest BCUT2D eigenvalue weighted by Crippen LogP contribution is 2.27. The van der Waals surface area contributed by atoms with Crippen LogP contribution >= 0.6 is 0 Å². The minimum Gasteiger partial charge on any atom is -0.382 e. The second kappa shape index (κ2) is 5.38. The summed E-state index contributed by atoms with van der Waals surface area (Å²) in [5.41, 5.74) is 2.13. The van der Waals surface area contributed by atoms with Crippen molar-refractivity contribution in [3.63, 3.8) is 0 Å². The Morgan fingerprint density at radius 3 is 2.79 bits per heavy atom. The zero-order valence-corrected chi connectivity index (χ0v) is 11.1. The monoisotopic (exact) mass is 257 g/mol. The molecule has 2 N–H and O–H groups in total. The highest BCUT2D eigenvalue weighted by atomic mass is 15.5. The lowest BCUT2D eigenvalue weighted by Crippen LogP contribution is -2.25. The third-order valence-corrected chi connectivity index (χ3v) is 3.85. The van der Waals surface area contributed by atoms with E-state index in [9.17, 15) is 0 Å². The zero-order valence-electron chi connectivity index (χ0n) is 11.1. The molecule has 1 saturated carbocycles. The summed E-state index contributed by atoms with van der Waals surface area (Å²) in [6, 6.07) is 8.81. The second-order valence-electron chi connectivity index (χ2n) is 5.42. The maximum atomic E-state index is 4.01. The molecule has 1 aliphatic rings. The van der Waals surface area contributed by atoms with Crippen LogP contribution in [0.1, 0.15) is 32.6 Å². The molecule has 1 heterocycles. The van der Waals surface area contributed by atoms with Crippen LogP contribution in [0.4, 0.5) is 5.69 Å². The molecule has 5 nitrogen and oxygen atoms in total. The summed E-state index contributed by atoms with van der Waals surface area (Å²) in [6.45, 7) is 2.34. The lowest BCUT2D eigenvalue weighted by Gasteiger charge is -2.27. The van der Waals surface area contributed by atoms with Crippen LogP contribution in [-0.4, -0.2) is 26.7 Å². The smallest absolute Gasteiger partial charge is 0.204 e. The average molecular weight is 257 g/mol. The second-order valence-corrected chi connectivity index (χ2v) is 5.42. The van der Waals surface area contributed by atoms with Crippen molar-refractivity contribution in [3.05, 3.63) is 24.3 Å². The van der Waals surface area contributed by atoms with Crippen molar-refractivity contribution in [1.29, 1.82) is 0 Å². The summed E-state index contributed by atoms with van der Waals surface area (Å²) in [5, 5.41) is 17.7. The van der Waals surface area contributed by atoms with Crippen LogP contribution < -0.4 is 5.32 Å². The van der Waals surface area contributed by atoms with Gasteiger partial charge in [-0.15, -0.1) is 10.2 Å². The van der Waals surface area contributed by atoms with E-state index in [1.807, 2.05) is 12.1 Å². The molecule has 3 rings (SSSR count). The van der Waals surface area contributed by atoms with E-state index >= 15 is 0 Å². The standard InChI is InChI=1S/C14H19N5/c1-10-5-7-12(8-6-10)15-13-4-2-3-11(9-13)14-16-18-19-17-14/h2-4,9-10,12,15H,5-8H2,1H3,(H,16,17,18,19). The molecule has 5 heteroatoms. The Hall–Kier alpha value is -1.91. The van der Waals surface area contributed by atoms with Crippen molar-refractivity contribution < 1.29 is 0 Å². The number of nitrogens with zero attached hydrogens (tertiary/aromatic N) is 3. The van der Waals surface area contributed by atoms with Crippen molar-refractivity contribution in [1.82, 2.24) is 20.6 Å². The molecule has 1 fully saturated rings. The minimum absolute atomic E-state index is 0.594. The molecule has 0 aliphatic heterocycles. The number of nitrogens with one attached hydrogen (secondary N) is 2. The van der Waals surface area contributed by atoms with Gasteiger partial charge in [0.25, 0.3) is 0 Å². The van der Waals surface area contributed by atoms with Crippen LogP contribution in [0, 0.1) is 5.92 Å². The van der Waals surface area contributed by atoms with Gasteiger partial charge in [-0.05, 0) is 48.9 Å². The number of hydrogen-bond donors (Lipinski definition) is 2. The fourth-order valence-corrected chi connectivity index (χ4v) is 2.67. The topological polar surface area (TPSA) is 66.5 Å². The van der Waals surface area contributed by atoms with E-state index < -0.39 is 0 Å². The lowest BCUT2D eigenvalue weighted by molar-refractivity contribution is 0.361. The number of tetrazole rings is 1. The highest BCUT2D eigenvalue weighted by molar-refractivity contribution is 5.61. The molecule has 1 aromatic heterocycles. The van der Waals surface area contributed by atoms with Crippen molar-refractivity contribution in [3.8, 4) is 11.4 Å². The van der Waals surface area contributed by atoms with E-state index in [1.165, 1.54) is 25.7 Å². The number of aromatic nitrogens is 4. The Labute approximate surface area is 112 Å². The number of anilines is 1. The highest BCUT2D eigenvalue weighted by Gasteiger charge is 2.17. The maximum Gasteiger partial charge on any atom is 0.204 e. The molecule has 19 heavy (non-hydrogen) atoms. The minimum atomic E-state index is 0.594. The van der Waals surface area contributed by atoms with E-state index in [1.54, 1.807) is 0 Å².